The molecule has 0 radical (unpaired) electrons. The van der Waals surface area contributed by atoms with Crippen LogP contribution in [0.2, 0.25) is 0 Å². The van der Waals surface area contributed by atoms with Crippen molar-refractivity contribution < 1.29 is 24.5 Å². The summed E-state index contributed by atoms with van der Waals surface area (Å²) >= 11 is 0. The van der Waals surface area contributed by atoms with Crippen molar-refractivity contribution in [2.45, 2.75) is 58.3 Å². The van der Waals surface area contributed by atoms with Gasteiger partial charge in [-0.3, -0.25) is 0 Å². The van der Waals surface area contributed by atoms with Crippen molar-refractivity contribution in [3.05, 3.63) is 29.8 Å². The molecule has 0 aromatic heterocycles. The molecule has 2 unspecified atom stereocenters. The van der Waals surface area contributed by atoms with Gasteiger partial charge < -0.3 is 24.6 Å². The average molecular weight is 377 g/mol. The predicted octanol–water partition coefficient (Wildman–Crippen LogP) is 1.06. The predicted molar refractivity (Wildman–Crippen MR) is 100 cm³/mol. The second kappa shape index (κ2) is 9.04. The highest BCUT2D eigenvalue weighted by Gasteiger charge is 2.34. The maximum Gasteiger partial charge on any atom is 0.332 e. The molecule has 6 heteroatoms. The molecule has 2 atom stereocenters. The maximum atomic E-state index is 12.0. The third-order valence-corrected chi connectivity index (χ3v) is 4.91. The molecule has 0 aliphatic heterocycles. The average Bonchev–Trinajstić information content (AvgIpc) is 2.61. The molecule has 1 aliphatic rings. The van der Waals surface area contributed by atoms with Gasteiger partial charge in [-0.1, -0.05) is 25.0 Å². The summed E-state index contributed by atoms with van der Waals surface area (Å²) in [7, 11) is 0. The van der Waals surface area contributed by atoms with Gasteiger partial charge in [-0.25, -0.2) is 4.79 Å². The molecule has 1 aliphatic carbocycles. The summed E-state index contributed by atoms with van der Waals surface area (Å²) in [5, 5.41) is 24.0. The number of carbonyl (C=O) groups excluding carboxylic acids is 1. The molecular formula is C21H31NO5-2. The van der Waals surface area contributed by atoms with Gasteiger partial charge in [0.05, 0.1) is 6.61 Å². The van der Waals surface area contributed by atoms with Crippen LogP contribution in [0, 0.1) is 5.92 Å². The van der Waals surface area contributed by atoms with E-state index in [2.05, 4.69) is 4.90 Å². The molecule has 1 aromatic rings. The van der Waals surface area contributed by atoms with Crippen LogP contribution in [0.4, 0.5) is 5.69 Å². The van der Waals surface area contributed by atoms with Crippen LogP contribution in [0.15, 0.2) is 24.3 Å². The summed E-state index contributed by atoms with van der Waals surface area (Å²) in [4.78, 5) is 13.8. The summed E-state index contributed by atoms with van der Waals surface area (Å²) in [6, 6.07) is 7.64. The number of rotatable bonds is 8. The van der Waals surface area contributed by atoms with Crippen molar-refractivity contribution in [3.63, 3.8) is 0 Å². The Kier molecular flexibility index (Phi) is 7.25. The number of anilines is 1. The van der Waals surface area contributed by atoms with Crippen molar-refractivity contribution in [3.8, 4) is 0 Å². The van der Waals surface area contributed by atoms with E-state index in [1.54, 1.807) is 6.92 Å². The van der Waals surface area contributed by atoms with Crippen LogP contribution in [0.5, 0.6) is 0 Å². The normalized spacial score (nSPS) is 25.0. The van der Waals surface area contributed by atoms with Crippen molar-refractivity contribution in [1.29, 1.82) is 0 Å². The van der Waals surface area contributed by atoms with Crippen molar-refractivity contribution in [2.75, 3.05) is 31.2 Å². The van der Waals surface area contributed by atoms with E-state index < -0.39 is 23.7 Å². The Labute approximate surface area is 162 Å². The van der Waals surface area contributed by atoms with Crippen molar-refractivity contribution >= 4 is 11.7 Å². The first-order chi connectivity index (χ1) is 12.6. The summed E-state index contributed by atoms with van der Waals surface area (Å²) in [5.74, 6) is -1.10. The molecule has 0 saturated heterocycles. The Balaban J connectivity index is 1.82. The van der Waals surface area contributed by atoms with E-state index >= 15 is 0 Å². The molecule has 27 heavy (non-hydrogen) atoms. The van der Waals surface area contributed by atoms with Gasteiger partial charge >= 0.3 is 5.97 Å². The van der Waals surface area contributed by atoms with Gasteiger partial charge in [-0.05, 0) is 51.3 Å². The van der Waals surface area contributed by atoms with E-state index in [-0.39, 0.29) is 18.5 Å². The number of hydrogen-bond acceptors (Lipinski definition) is 6. The first kappa shape index (κ1) is 21.7. The van der Waals surface area contributed by atoms with E-state index in [4.69, 9.17) is 9.47 Å². The molecule has 0 bridgehead atoms. The number of esters is 1. The first-order valence-corrected chi connectivity index (χ1v) is 9.60. The van der Waals surface area contributed by atoms with Gasteiger partial charge in [-0.2, -0.15) is 0 Å². The second-order valence-corrected chi connectivity index (χ2v) is 8.12. The van der Waals surface area contributed by atoms with E-state index in [1.807, 2.05) is 52.0 Å². The fourth-order valence-electron chi connectivity index (χ4n) is 3.34. The molecule has 1 fully saturated rings. The second-order valence-electron chi connectivity index (χ2n) is 8.12. The molecule has 0 amide bonds. The molecule has 0 heterocycles. The third kappa shape index (κ3) is 5.67. The number of nitrogens with zero attached hydrogens (tertiary/aromatic N) is 1. The number of hydrogen-bond donors (Lipinski definition) is 0. The van der Waals surface area contributed by atoms with Gasteiger partial charge in [0.15, 0.2) is 0 Å². The van der Waals surface area contributed by atoms with Crippen LogP contribution in [-0.4, -0.2) is 50.1 Å². The highest BCUT2D eigenvalue weighted by molar-refractivity contribution is 5.71. The lowest BCUT2D eigenvalue weighted by Gasteiger charge is -2.60. The van der Waals surface area contributed by atoms with Crippen LogP contribution in [0.3, 0.4) is 0 Å². The van der Waals surface area contributed by atoms with E-state index in [1.165, 1.54) is 0 Å². The highest BCUT2D eigenvalue weighted by atomic mass is 16.6. The fourth-order valence-corrected chi connectivity index (χ4v) is 3.34. The van der Waals surface area contributed by atoms with Crippen molar-refractivity contribution in [1.82, 2.24) is 0 Å². The molecule has 0 spiro atoms. The van der Waals surface area contributed by atoms with Gasteiger partial charge in [0.25, 0.3) is 0 Å². The quantitative estimate of drug-likeness (QED) is 0.498. The molecule has 1 saturated carbocycles. The number of benzene rings is 1. The number of likely N-dealkylation sites (N-methyl/N-ethyl adjacent to an activating group) is 1. The largest absolute Gasteiger partial charge is 0.851 e. The van der Waals surface area contributed by atoms with Crippen LogP contribution < -0.4 is 15.1 Å². The van der Waals surface area contributed by atoms with Gasteiger partial charge in [0.2, 0.25) is 0 Å². The zero-order valence-electron chi connectivity index (χ0n) is 16.9. The van der Waals surface area contributed by atoms with Crippen LogP contribution in [-0.2, 0) is 14.3 Å². The highest BCUT2D eigenvalue weighted by Crippen LogP contribution is 2.39. The lowest BCUT2D eigenvalue weighted by molar-refractivity contribution is -0.547. The third-order valence-electron chi connectivity index (χ3n) is 4.91. The minimum Gasteiger partial charge on any atom is -0.851 e. The van der Waals surface area contributed by atoms with Crippen molar-refractivity contribution in [2.24, 2.45) is 5.92 Å². The first-order valence-electron chi connectivity index (χ1n) is 9.60. The molecular weight excluding hydrogens is 346 g/mol. The van der Waals surface area contributed by atoms with Gasteiger partial charge in [0.1, 0.15) is 12.2 Å². The molecule has 0 N–H and O–H groups in total. The van der Waals surface area contributed by atoms with E-state index in [0.29, 0.717) is 13.2 Å². The van der Waals surface area contributed by atoms with E-state index in [9.17, 15) is 15.0 Å². The molecule has 6 nitrogen and oxygen atoms in total. The summed E-state index contributed by atoms with van der Waals surface area (Å²) in [5.41, 5.74) is 1.32. The standard InChI is InChI=1S/C21H31NO5/c1-6-22(11-12-26-13-17(23)27-21(3,4)5)16-9-7-15(8-10-16)18-19(24)14(2)20(18)25/h7-10,14,18-20H,6,11-13H2,1-5H3/q-2. The van der Waals surface area contributed by atoms with Gasteiger partial charge in [-0.15, -0.1) is 12.2 Å². The lowest BCUT2D eigenvalue weighted by Crippen LogP contribution is -2.64. The minimum atomic E-state index is -0.804. The Morgan fingerprint density at radius 3 is 2.26 bits per heavy atom. The number of carbonyl (C=O) groups is 1. The lowest BCUT2D eigenvalue weighted by atomic mass is 9.67. The zero-order chi connectivity index (χ0) is 20.2. The Morgan fingerprint density at radius 2 is 1.74 bits per heavy atom. The maximum absolute atomic E-state index is 12.0. The topological polar surface area (TPSA) is 84.9 Å². The van der Waals surface area contributed by atoms with E-state index in [0.717, 1.165) is 17.8 Å². The van der Waals surface area contributed by atoms with Crippen LogP contribution in [0.25, 0.3) is 0 Å². The Bertz CT molecular complexity index is 600. The minimum absolute atomic E-state index is 0.0661. The summed E-state index contributed by atoms with van der Waals surface area (Å²) < 4.78 is 10.6. The zero-order valence-corrected chi connectivity index (χ0v) is 16.9. The van der Waals surface area contributed by atoms with Crippen LogP contribution >= 0.6 is 0 Å². The Morgan fingerprint density at radius 1 is 1.15 bits per heavy atom. The number of ether oxygens (including phenoxy) is 2. The Hall–Kier alpha value is -1.63. The fraction of sp³-hybridized carbons (Fsp3) is 0.667. The summed E-state index contributed by atoms with van der Waals surface area (Å²) in [6.07, 6.45) is -1.61. The smallest absolute Gasteiger partial charge is 0.332 e. The molecule has 2 rings (SSSR count). The summed E-state index contributed by atoms with van der Waals surface area (Å²) in [6.45, 7) is 11.0. The van der Waals surface area contributed by atoms with Gasteiger partial charge in [0, 0.05) is 18.8 Å². The molecule has 1 aromatic carbocycles. The SMILES string of the molecule is CCN(CCOCC(=O)OC(C)(C)C)c1ccc(C2C([O-])C(C)C2[O-])cc1. The monoisotopic (exact) mass is 377 g/mol. The van der Waals surface area contributed by atoms with Crippen LogP contribution in [0.1, 0.15) is 46.1 Å². The molecule has 152 valence electrons.